The van der Waals surface area contributed by atoms with Crippen LogP contribution >= 0.6 is 0 Å². The second-order valence-electron chi connectivity index (χ2n) is 24.5. The molecule has 4 aliphatic rings. The maximum absolute atomic E-state index is 8.47. The Balaban J connectivity index is -0.0000000596. The summed E-state index contributed by atoms with van der Waals surface area (Å²) in [5.41, 5.74) is 4.01. The van der Waals surface area contributed by atoms with Gasteiger partial charge in [0.2, 0.25) is 0 Å². The molecule has 4 rings (SSSR count). The summed E-state index contributed by atoms with van der Waals surface area (Å²) >= 11 is 0. The van der Waals surface area contributed by atoms with Gasteiger partial charge in [0.15, 0.2) is 0 Å². The maximum Gasteiger partial charge on any atom is 0.0768 e. The molecule has 8 unspecified atom stereocenters. The first-order valence-electron chi connectivity index (χ1n) is 31.1. The maximum atomic E-state index is 8.47. The monoisotopic (exact) mass is 1160 g/mol. The summed E-state index contributed by atoms with van der Waals surface area (Å²) in [4.78, 5) is 0. The van der Waals surface area contributed by atoms with Gasteiger partial charge in [-0.25, -0.2) is 0 Å². The largest absolute Gasteiger partial charge is 0.396 e. The van der Waals surface area contributed by atoms with E-state index in [9.17, 15) is 0 Å². The van der Waals surface area contributed by atoms with Crippen LogP contribution in [0.1, 0.15) is 331 Å². The molecule has 0 saturated heterocycles. The molecule has 8 atom stereocenters. The molecule has 4 fully saturated rings. The average molecular weight is 1170 g/mol. The van der Waals surface area contributed by atoms with Crippen molar-refractivity contribution in [2.45, 2.75) is 337 Å². The molecule has 0 heterocycles. The molecule has 0 amide bonds. The van der Waals surface area contributed by atoms with Gasteiger partial charge in [-0.05, 0) is 117 Å². The van der Waals surface area contributed by atoms with Gasteiger partial charge in [0.1, 0.15) is 0 Å². The minimum absolute atomic E-state index is 0. The Bertz CT molecular complexity index is 945. The Morgan fingerprint density at radius 2 is 0.725 bits per heavy atom. The Labute approximate surface area is 510 Å². The summed E-state index contributed by atoms with van der Waals surface area (Å²) in [6.45, 7) is 41.3. The van der Waals surface area contributed by atoms with Gasteiger partial charge in [0, 0.05) is 17.4 Å². The molecule has 10 N–H and O–H groups in total. The number of aliphatic hydroxyl groups is 8. The quantitative estimate of drug-likeness (QED) is 0.0725. The minimum Gasteiger partial charge on any atom is -0.396 e. The highest BCUT2D eigenvalue weighted by atomic mass is 16.3. The van der Waals surface area contributed by atoms with Gasteiger partial charge in [0.25, 0.3) is 0 Å². The molecule has 4 saturated carbocycles. The van der Waals surface area contributed by atoms with Crippen LogP contribution < -0.4 is 5.73 Å². The van der Waals surface area contributed by atoms with Gasteiger partial charge in [-0.1, -0.05) is 286 Å². The van der Waals surface area contributed by atoms with Crippen LogP contribution in [0.3, 0.4) is 0 Å². The van der Waals surface area contributed by atoms with E-state index in [0.717, 1.165) is 84.5 Å². The average Bonchev–Trinajstić information content (AvgIpc) is 3.41. The minimum atomic E-state index is -0.708. The van der Waals surface area contributed by atoms with Gasteiger partial charge in [0.05, 0.1) is 45.7 Å². The zero-order chi connectivity index (χ0) is 57.8. The first-order chi connectivity index (χ1) is 34.5. The lowest BCUT2D eigenvalue weighted by molar-refractivity contribution is 0.0200. The molecular weight excluding hydrogens is 995 g/mol. The fraction of sp³-hybridized carbons (Fsp3) is 1.00. The van der Waals surface area contributed by atoms with E-state index >= 15 is 0 Å². The van der Waals surface area contributed by atoms with Gasteiger partial charge < -0.3 is 46.6 Å². The Morgan fingerprint density at radius 1 is 0.438 bits per heavy atom. The van der Waals surface area contributed by atoms with Crippen LogP contribution in [0.2, 0.25) is 0 Å². The lowest BCUT2D eigenvalue weighted by atomic mass is 9.68. The third-order valence-corrected chi connectivity index (χ3v) is 15.7. The fourth-order valence-corrected chi connectivity index (χ4v) is 8.84. The van der Waals surface area contributed by atoms with Crippen molar-refractivity contribution in [1.29, 1.82) is 0 Å². The summed E-state index contributed by atoms with van der Waals surface area (Å²) in [5, 5.41) is 66.6. The fourth-order valence-electron chi connectivity index (χ4n) is 8.84. The zero-order valence-corrected chi connectivity index (χ0v) is 53.0. The number of hydrogen-bond acceptors (Lipinski definition) is 9. The number of rotatable bonds is 16. The molecule has 9 nitrogen and oxygen atoms in total. The predicted octanol–water partition coefficient (Wildman–Crippen LogP) is 19.7. The van der Waals surface area contributed by atoms with Gasteiger partial charge in [-0.3, -0.25) is 0 Å². The van der Waals surface area contributed by atoms with Gasteiger partial charge in [-0.2, -0.15) is 0 Å². The first kappa shape index (κ1) is 111. The van der Waals surface area contributed by atoms with Crippen LogP contribution in [-0.2, 0) is 0 Å². The normalized spacial score (nSPS) is 23.9. The van der Waals surface area contributed by atoms with Crippen LogP contribution in [0.25, 0.3) is 0 Å². The standard InChI is InChI=1S/C17H32.C15H28.C7H16.C5H12O3.C5H12O2.C4H10O2.C3H9N.C3H8O.C3H8.C2H6.7CH4/c1-12-5-7-16(9-14(12)3)11-17-8-6-13(2)15(4)10-17;1-12-3-7-14(8-4-12)11-15-9-5-13(2)6-10-15;1-4-6-7(3)5-2;1-5(2-6,3-7)4-8;1-5(2,3-6)4-7;1-2-4(6)3-5;2*1-2-3-4;1-3-2;1-2;;;;;;;/h12-17H,5-11H2,1-4H3;12-15H,3-11H2,1-2H3;7H,4-6H2,1-3H3;6-8H,2-4H2,1H3;6-7H,3-4H2,1-2H3;4-6H,2-3H2,1H3;2-4H2,1H3;4H,2-3H2,1H3;3H2,1-2H3;1-2H3;7*1H4. The van der Waals surface area contributed by atoms with Crippen molar-refractivity contribution >= 4 is 0 Å². The van der Waals surface area contributed by atoms with E-state index < -0.39 is 11.5 Å². The molecular formula is C71H169NO8. The second kappa shape index (κ2) is 76.7. The van der Waals surface area contributed by atoms with Crippen LogP contribution in [0.4, 0.5) is 0 Å². The molecule has 0 aliphatic heterocycles. The molecule has 0 spiro atoms. The van der Waals surface area contributed by atoms with E-state index in [1.165, 1.54) is 116 Å². The lowest BCUT2D eigenvalue weighted by Crippen LogP contribution is -2.29. The van der Waals surface area contributed by atoms with E-state index in [2.05, 4.69) is 83.1 Å². The molecule has 0 aromatic carbocycles. The third-order valence-electron chi connectivity index (χ3n) is 15.7. The van der Waals surface area contributed by atoms with E-state index in [4.69, 9.17) is 46.6 Å². The molecule has 80 heavy (non-hydrogen) atoms. The molecule has 0 radical (unpaired) electrons. The lowest BCUT2D eigenvalue weighted by Gasteiger charge is -2.37. The van der Waals surface area contributed by atoms with E-state index in [-0.39, 0.29) is 97.0 Å². The van der Waals surface area contributed by atoms with Crippen molar-refractivity contribution in [3.05, 3.63) is 0 Å². The van der Waals surface area contributed by atoms with Crippen LogP contribution in [0.15, 0.2) is 0 Å². The molecule has 0 aromatic heterocycles. The Morgan fingerprint density at radius 3 is 0.875 bits per heavy atom. The van der Waals surface area contributed by atoms with Crippen LogP contribution in [-0.4, -0.2) is 99.7 Å². The highest BCUT2D eigenvalue weighted by Crippen LogP contribution is 2.42. The van der Waals surface area contributed by atoms with Crippen LogP contribution in [0.5, 0.6) is 0 Å². The first-order valence-corrected chi connectivity index (χ1v) is 31.1. The van der Waals surface area contributed by atoms with Crippen molar-refractivity contribution in [2.75, 3.05) is 52.8 Å². The molecule has 4 aliphatic carbocycles. The SMILES string of the molecule is C.C.C.C.C.C.C.CC.CC(C)(CO)CO.CC(CO)(CO)CO.CC1CCC(CC2CCC(C)C(C)C2)CC1C.CC1CCC(CC2CCC(C)CC2)CC1.CCC.CCC(O)CO.CCCC(C)CC.CCCN.CCCO. The van der Waals surface area contributed by atoms with Crippen molar-refractivity contribution in [3.8, 4) is 0 Å². The van der Waals surface area contributed by atoms with Crippen molar-refractivity contribution in [1.82, 2.24) is 0 Å². The zero-order valence-electron chi connectivity index (χ0n) is 53.0. The predicted molar refractivity (Wildman–Crippen MR) is 369 cm³/mol. The number of aliphatic hydroxyl groups excluding tert-OH is 8. The van der Waals surface area contributed by atoms with Gasteiger partial charge >= 0.3 is 0 Å². The summed E-state index contributed by atoms with van der Waals surface area (Å²) < 4.78 is 0. The summed E-state index contributed by atoms with van der Waals surface area (Å²) in [5.74, 6) is 11.2. The molecule has 0 bridgehead atoms. The summed E-state index contributed by atoms with van der Waals surface area (Å²) in [6.07, 6.45) is 31.8. The number of hydrogen-bond donors (Lipinski definition) is 9. The summed E-state index contributed by atoms with van der Waals surface area (Å²) in [6, 6.07) is 0. The topological polar surface area (TPSA) is 188 Å². The summed E-state index contributed by atoms with van der Waals surface area (Å²) in [7, 11) is 0. The smallest absolute Gasteiger partial charge is 0.0768 e. The van der Waals surface area contributed by atoms with Crippen molar-refractivity contribution in [2.24, 2.45) is 81.7 Å². The van der Waals surface area contributed by atoms with Gasteiger partial charge in [-0.15, -0.1) is 0 Å². The molecule has 506 valence electrons. The number of nitrogens with two attached hydrogens (primary N) is 1. The van der Waals surface area contributed by atoms with E-state index in [1.54, 1.807) is 33.6 Å². The molecule has 0 aromatic rings. The Kier molecular flexibility index (Phi) is 106. The Hall–Kier alpha value is -0.360. The highest BCUT2D eigenvalue weighted by Gasteiger charge is 2.30. The van der Waals surface area contributed by atoms with Crippen molar-refractivity contribution in [3.63, 3.8) is 0 Å². The third kappa shape index (κ3) is 71.9. The van der Waals surface area contributed by atoms with E-state index in [1.807, 2.05) is 27.7 Å². The second-order valence-corrected chi connectivity index (χ2v) is 24.5. The van der Waals surface area contributed by atoms with E-state index in [0.29, 0.717) is 13.0 Å². The highest BCUT2D eigenvalue weighted by molar-refractivity contribution is 4.82. The molecule has 9 heteroatoms. The van der Waals surface area contributed by atoms with Crippen LogP contribution in [0, 0.1) is 75.9 Å². The van der Waals surface area contributed by atoms with Crippen molar-refractivity contribution < 1.29 is 40.9 Å².